The molecule has 9 aromatic rings. The van der Waals surface area contributed by atoms with Crippen molar-refractivity contribution in [2.75, 3.05) is 4.90 Å². The molecule has 0 amide bonds. The van der Waals surface area contributed by atoms with Gasteiger partial charge in [-0.1, -0.05) is 152 Å². The van der Waals surface area contributed by atoms with Gasteiger partial charge in [0.25, 0.3) is 0 Å². The molecule has 3 heterocycles. The van der Waals surface area contributed by atoms with Gasteiger partial charge in [0, 0.05) is 33.5 Å². The number of hydrogen-bond acceptors (Lipinski definition) is 4. The van der Waals surface area contributed by atoms with Gasteiger partial charge < -0.3 is 9.64 Å². The van der Waals surface area contributed by atoms with Crippen molar-refractivity contribution in [2.24, 2.45) is 0 Å². The van der Waals surface area contributed by atoms with Gasteiger partial charge in [0.05, 0.1) is 28.2 Å². The Morgan fingerprint density at radius 3 is 1.42 bits per heavy atom. The minimum absolute atomic E-state index is 0.641. The molecule has 4 nitrogen and oxygen atoms in total. The van der Waals surface area contributed by atoms with E-state index < -0.39 is 5.41 Å². The van der Waals surface area contributed by atoms with Crippen molar-refractivity contribution in [1.82, 2.24) is 9.97 Å². The van der Waals surface area contributed by atoms with Crippen LogP contribution in [0.5, 0.6) is 11.5 Å². The van der Waals surface area contributed by atoms with Gasteiger partial charge in [-0.05, 0) is 82.9 Å². The summed E-state index contributed by atoms with van der Waals surface area (Å²) in [5.41, 5.74) is 14.4. The largest absolute Gasteiger partial charge is 0.457 e. The summed E-state index contributed by atoms with van der Waals surface area (Å²) in [6.45, 7) is 0. The van der Waals surface area contributed by atoms with Crippen molar-refractivity contribution >= 4 is 17.1 Å². The van der Waals surface area contributed by atoms with Gasteiger partial charge >= 0.3 is 0 Å². The lowest BCUT2D eigenvalue weighted by molar-refractivity contribution is 0.434. The molecule has 57 heavy (non-hydrogen) atoms. The Hall–Kier alpha value is -7.56. The van der Waals surface area contributed by atoms with Crippen molar-refractivity contribution in [3.05, 3.63) is 235 Å². The molecule has 0 radical (unpaired) electrons. The monoisotopic (exact) mass is 729 g/mol. The van der Waals surface area contributed by atoms with Gasteiger partial charge in [-0.2, -0.15) is 0 Å². The minimum atomic E-state index is -0.641. The van der Waals surface area contributed by atoms with Crippen LogP contribution >= 0.6 is 0 Å². The van der Waals surface area contributed by atoms with E-state index in [1.807, 2.05) is 36.4 Å². The summed E-state index contributed by atoms with van der Waals surface area (Å²) in [5.74, 6) is 2.42. The highest BCUT2D eigenvalue weighted by atomic mass is 16.5. The maximum absolute atomic E-state index is 6.66. The lowest BCUT2D eigenvalue weighted by Gasteiger charge is -2.48. The maximum atomic E-state index is 6.66. The highest BCUT2D eigenvalue weighted by Gasteiger charge is 2.51. The average molecular weight is 730 g/mol. The van der Waals surface area contributed by atoms with Crippen LogP contribution in [0.4, 0.5) is 17.1 Å². The Kier molecular flexibility index (Phi) is 7.68. The molecule has 0 bridgehead atoms. The lowest BCUT2D eigenvalue weighted by atomic mass is 9.61. The van der Waals surface area contributed by atoms with E-state index in [-0.39, 0.29) is 0 Å². The Bertz CT molecular complexity index is 2820. The molecule has 0 unspecified atom stereocenters. The number of benzene rings is 8. The SMILES string of the molecule is c1ccc(-c2ccc3c(c2)C2(c4ccccc4Oc4ccccc42)c2ccccc2N3c2ccc(-c3nc(-c4ccccc4)cc(-c4ccccc4)n3)cc2)cc1. The van der Waals surface area contributed by atoms with Crippen LogP contribution in [0.3, 0.4) is 0 Å². The summed E-state index contributed by atoms with van der Waals surface area (Å²) in [6, 6.07) is 74.9. The van der Waals surface area contributed by atoms with Gasteiger partial charge in [0.2, 0.25) is 0 Å². The third-order valence-corrected chi connectivity index (χ3v) is 11.3. The summed E-state index contributed by atoms with van der Waals surface area (Å²) in [7, 11) is 0. The van der Waals surface area contributed by atoms with Crippen molar-refractivity contribution < 1.29 is 4.74 Å². The minimum Gasteiger partial charge on any atom is -0.457 e. The Balaban J connectivity index is 1.11. The highest BCUT2D eigenvalue weighted by molar-refractivity contribution is 5.92. The second kappa shape index (κ2) is 13.3. The van der Waals surface area contributed by atoms with E-state index >= 15 is 0 Å². The number of nitrogens with zero attached hydrogens (tertiary/aromatic N) is 3. The van der Waals surface area contributed by atoms with E-state index in [1.165, 1.54) is 16.7 Å². The summed E-state index contributed by atoms with van der Waals surface area (Å²) in [6.07, 6.45) is 0. The van der Waals surface area contributed by atoms with Crippen molar-refractivity contribution in [3.63, 3.8) is 0 Å². The molecule has 1 aromatic heterocycles. The number of aromatic nitrogens is 2. The fraction of sp³-hybridized carbons (Fsp3) is 0.0189. The first-order valence-corrected chi connectivity index (χ1v) is 19.3. The molecule has 4 heteroatoms. The summed E-state index contributed by atoms with van der Waals surface area (Å²) >= 11 is 0. The van der Waals surface area contributed by atoms with Crippen LogP contribution in [0, 0.1) is 0 Å². The van der Waals surface area contributed by atoms with Crippen LogP contribution < -0.4 is 9.64 Å². The molecular weight excluding hydrogens is 695 g/mol. The van der Waals surface area contributed by atoms with E-state index in [0.717, 1.165) is 73.3 Å². The van der Waals surface area contributed by atoms with Gasteiger partial charge in [-0.15, -0.1) is 0 Å². The summed E-state index contributed by atoms with van der Waals surface area (Å²) in [4.78, 5) is 12.6. The second-order valence-electron chi connectivity index (χ2n) is 14.5. The zero-order valence-corrected chi connectivity index (χ0v) is 31.0. The third-order valence-electron chi connectivity index (χ3n) is 11.3. The smallest absolute Gasteiger partial charge is 0.160 e. The number of ether oxygens (including phenoxy) is 1. The molecule has 0 aliphatic carbocycles. The normalized spacial score (nSPS) is 13.2. The second-order valence-corrected chi connectivity index (χ2v) is 14.5. The number of fused-ring (bicyclic) bond motifs is 8. The molecule has 0 N–H and O–H groups in total. The topological polar surface area (TPSA) is 38.2 Å². The van der Waals surface area contributed by atoms with E-state index in [2.05, 4.69) is 181 Å². The van der Waals surface area contributed by atoms with Gasteiger partial charge in [0.1, 0.15) is 11.5 Å². The standard InChI is InChI=1S/C53H35N3O/c1-4-16-36(17-5-1)40-30-33-49-45(34-40)53(43-23-11-14-26-50(43)57-51-27-15-12-24-44(51)53)42-22-10-13-25-48(42)56(49)41-31-28-39(29-32-41)52-54-46(37-18-6-2-7-19-37)35-47(55-52)38-20-8-3-9-21-38/h1-35H. The van der Waals surface area contributed by atoms with Crippen LogP contribution in [0.15, 0.2) is 212 Å². The molecule has 1 spiro atoms. The first kappa shape index (κ1) is 32.8. The lowest BCUT2D eigenvalue weighted by Crippen LogP contribution is -2.39. The van der Waals surface area contributed by atoms with Gasteiger partial charge in [-0.3, -0.25) is 0 Å². The molecule has 0 saturated carbocycles. The Labute approximate surface area is 332 Å². The fourth-order valence-corrected chi connectivity index (χ4v) is 8.80. The van der Waals surface area contributed by atoms with Gasteiger partial charge in [-0.25, -0.2) is 9.97 Å². The van der Waals surface area contributed by atoms with Crippen molar-refractivity contribution in [1.29, 1.82) is 0 Å². The number of rotatable bonds is 5. The fourth-order valence-electron chi connectivity index (χ4n) is 8.80. The maximum Gasteiger partial charge on any atom is 0.160 e. The predicted octanol–water partition coefficient (Wildman–Crippen LogP) is 13.4. The first-order valence-electron chi connectivity index (χ1n) is 19.3. The molecule has 11 rings (SSSR count). The van der Waals surface area contributed by atoms with E-state index in [0.29, 0.717) is 5.82 Å². The van der Waals surface area contributed by atoms with Crippen LogP contribution in [-0.4, -0.2) is 9.97 Å². The van der Waals surface area contributed by atoms with E-state index in [4.69, 9.17) is 14.7 Å². The third kappa shape index (κ3) is 5.30. The molecule has 0 saturated heterocycles. The van der Waals surface area contributed by atoms with Crippen molar-refractivity contribution in [3.8, 4) is 56.5 Å². The zero-order chi connectivity index (χ0) is 37.8. The Morgan fingerprint density at radius 2 is 0.825 bits per heavy atom. The number of anilines is 3. The van der Waals surface area contributed by atoms with Crippen LogP contribution in [-0.2, 0) is 5.41 Å². The van der Waals surface area contributed by atoms with Crippen molar-refractivity contribution in [2.45, 2.75) is 5.41 Å². The summed E-state index contributed by atoms with van der Waals surface area (Å²) < 4.78 is 6.66. The van der Waals surface area contributed by atoms with Crippen LogP contribution in [0.1, 0.15) is 22.3 Å². The van der Waals surface area contributed by atoms with Crippen LogP contribution in [0.25, 0.3) is 45.0 Å². The predicted molar refractivity (Wildman–Crippen MR) is 230 cm³/mol. The molecule has 8 aromatic carbocycles. The highest BCUT2D eigenvalue weighted by Crippen LogP contribution is 2.63. The zero-order valence-electron chi connectivity index (χ0n) is 31.0. The van der Waals surface area contributed by atoms with Gasteiger partial charge in [0.15, 0.2) is 5.82 Å². The summed E-state index contributed by atoms with van der Waals surface area (Å²) in [5, 5.41) is 0. The number of hydrogen-bond donors (Lipinski definition) is 0. The molecule has 2 aliphatic heterocycles. The Morgan fingerprint density at radius 1 is 0.351 bits per heavy atom. The molecule has 0 atom stereocenters. The molecular formula is C53H35N3O. The molecule has 0 fully saturated rings. The quantitative estimate of drug-likeness (QED) is 0.177. The first-order chi connectivity index (χ1) is 28.3. The molecule has 268 valence electrons. The van der Waals surface area contributed by atoms with Crippen LogP contribution in [0.2, 0.25) is 0 Å². The molecule has 2 aliphatic rings. The van der Waals surface area contributed by atoms with E-state index in [1.54, 1.807) is 0 Å². The van der Waals surface area contributed by atoms with E-state index in [9.17, 15) is 0 Å². The average Bonchev–Trinajstić information content (AvgIpc) is 3.30. The number of para-hydroxylation sites is 3.